The largest absolute Gasteiger partial charge is 0.481 e. The number of benzene rings is 1. The van der Waals surface area contributed by atoms with Crippen molar-refractivity contribution < 1.29 is 19.5 Å². The second kappa shape index (κ2) is 8.91. The van der Waals surface area contributed by atoms with Crippen molar-refractivity contribution in [3.05, 3.63) is 35.9 Å². The maximum Gasteiger partial charge on any atom is 0.317 e. The minimum atomic E-state index is -0.883. The Bertz CT molecular complexity index is 602. The average molecular weight is 348 g/mol. The van der Waals surface area contributed by atoms with Gasteiger partial charge in [0.1, 0.15) is 0 Å². The molecule has 1 heterocycles. The number of aliphatic carboxylic acids is 1. The van der Waals surface area contributed by atoms with E-state index in [1.165, 1.54) is 7.05 Å². The maximum atomic E-state index is 12.3. The molecular formula is C17H24N4O4. The summed E-state index contributed by atoms with van der Waals surface area (Å²) in [6, 6.07) is 8.82. The number of carboxylic acids is 1. The Labute approximate surface area is 146 Å². The van der Waals surface area contributed by atoms with Crippen molar-refractivity contribution in [1.82, 2.24) is 20.9 Å². The summed E-state index contributed by atoms with van der Waals surface area (Å²) >= 11 is 0. The first-order valence-electron chi connectivity index (χ1n) is 8.27. The summed E-state index contributed by atoms with van der Waals surface area (Å²) in [5, 5.41) is 17.0. The van der Waals surface area contributed by atoms with Crippen molar-refractivity contribution in [3.8, 4) is 0 Å². The van der Waals surface area contributed by atoms with Crippen LogP contribution in [0.2, 0.25) is 0 Å². The molecule has 1 saturated heterocycles. The van der Waals surface area contributed by atoms with Gasteiger partial charge in [-0.3, -0.25) is 4.79 Å². The molecule has 4 amide bonds. The number of hydrogen-bond donors (Lipinski definition) is 4. The van der Waals surface area contributed by atoms with Crippen LogP contribution in [-0.2, 0) is 11.2 Å². The highest BCUT2D eigenvalue weighted by molar-refractivity contribution is 5.77. The summed E-state index contributed by atoms with van der Waals surface area (Å²) in [5.41, 5.74) is 1.04. The van der Waals surface area contributed by atoms with E-state index in [0.717, 1.165) is 5.56 Å². The Morgan fingerprint density at radius 1 is 1.24 bits per heavy atom. The molecule has 0 aliphatic carbocycles. The van der Waals surface area contributed by atoms with Crippen LogP contribution in [0.3, 0.4) is 0 Å². The second-order valence-electron chi connectivity index (χ2n) is 6.09. The lowest BCUT2D eigenvalue weighted by atomic mass is 10.0. The fraction of sp³-hybridized carbons (Fsp3) is 0.471. The van der Waals surface area contributed by atoms with E-state index in [1.54, 1.807) is 4.90 Å². The molecule has 1 fully saturated rings. The van der Waals surface area contributed by atoms with Crippen molar-refractivity contribution in [2.45, 2.75) is 31.3 Å². The number of hydrogen-bond acceptors (Lipinski definition) is 3. The number of rotatable bonds is 7. The van der Waals surface area contributed by atoms with Gasteiger partial charge in [-0.25, -0.2) is 9.59 Å². The fourth-order valence-electron chi connectivity index (χ4n) is 2.68. The summed E-state index contributed by atoms with van der Waals surface area (Å²) in [4.78, 5) is 36.0. The molecule has 1 aromatic carbocycles. The first-order chi connectivity index (χ1) is 12.0. The highest BCUT2D eigenvalue weighted by Gasteiger charge is 2.32. The molecule has 2 rings (SSSR count). The first-order valence-corrected chi connectivity index (χ1v) is 8.27. The van der Waals surface area contributed by atoms with Gasteiger partial charge >= 0.3 is 18.0 Å². The Hall–Kier alpha value is -2.77. The van der Waals surface area contributed by atoms with Gasteiger partial charge in [-0.2, -0.15) is 0 Å². The molecule has 8 nitrogen and oxygen atoms in total. The third kappa shape index (κ3) is 5.98. The third-order valence-corrected chi connectivity index (χ3v) is 4.09. The molecule has 1 aromatic rings. The highest BCUT2D eigenvalue weighted by Crippen LogP contribution is 2.12. The molecule has 8 heteroatoms. The SMILES string of the molecule is CNC(=O)NC1CN(C(=O)NC(CCC(=O)O)Cc2ccccc2)C1. The Kier molecular flexibility index (Phi) is 6.62. The van der Waals surface area contributed by atoms with Crippen LogP contribution in [0.25, 0.3) is 0 Å². The van der Waals surface area contributed by atoms with E-state index in [0.29, 0.717) is 25.9 Å². The molecule has 1 unspecified atom stereocenters. The topological polar surface area (TPSA) is 111 Å². The molecule has 1 aliphatic heterocycles. The molecule has 4 N–H and O–H groups in total. The van der Waals surface area contributed by atoms with Crippen LogP contribution in [-0.4, -0.2) is 60.3 Å². The molecule has 25 heavy (non-hydrogen) atoms. The molecule has 0 bridgehead atoms. The zero-order chi connectivity index (χ0) is 18.2. The van der Waals surface area contributed by atoms with Gasteiger partial charge in [0.05, 0.1) is 6.04 Å². The van der Waals surface area contributed by atoms with Crippen LogP contribution in [0.4, 0.5) is 9.59 Å². The fourth-order valence-corrected chi connectivity index (χ4v) is 2.68. The monoisotopic (exact) mass is 348 g/mol. The molecule has 1 atom stereocenters. The summed E-state index contributed by atoms with van der Waals surface area (Å²) in [5.74, 6) is -0.883. The third-order valence-electron chi connectivity index (χ3n) is 4.09. The molecule has 136 valence electrons. The van der Waals surface area contributed by atoms with Gasteiger partial charge in [0, 0.05) is 32.6 Å². The smallest absolute Gasteiger partial charge is 0.317 e. The van der Waals surface area contributed by atoms with E-state index in [9.17, 15) is 14.4 Å². The lowest BCUT2D eigenvalue weighted by Gasteiger charge is -2.40. The van der Waals surface area contributed by atoms with E-state index in [1.807, 2.05) is 30.3 Å². The number of carbonyl (C=O) groups is 3. The lowest BCUT2D eigenvalue weighted by Crippen LogP contribution is -2.64. The maximum absolute atomic E-state index is 12.3. The van der Waals surface area contributed by atoms with Crippen LogP contribution < -0.4 is 16.0 Å². The number of nitrogens with one attached hydrogen (secondary N) is 3. The summed E-state index contributed by atoms with van der Waals surface area (Å²) in [7, 11) is 1.54. The van der Waals surface area contributed by atoms with Gasteiger partial charge in [-0.15, -0.1) is 0 Å². The quantitative estimate of drug-likeness (QED) is 0.584. The average Bonchev–Trinajstić information content (AvgIpc) is 2.56. The van der Waals surface area contributed by atoms with Crippen molar-refractivity contribution in [2.75, 3.05) is 20.1 Å². The standard InChI is InChI=1S/C17H24N4O4/c1-18-16(24)19-14-10-21(11-14)17(25)20-13(7-8-15(22)23)9-12-5-3-2-4-6-12/h2-6,13-14H,7-11H2,1H3,(H,20,25)(H,22,23)(H2,18,19,24). The first kappa shape index (κ1) is 18.6. The number of carboxylic acid groups (broad SMARTS) is 1. The normalized spacial score (nSPS) is 15.0. The van der Waals surface area contributed by atoms with Crippen molar-refractivity contribution in [2.24, 2.45) is 0 Å². The Morgan fingerprint density at radius 3 is 2.52 bits per heavy atom. The summed E-state index contributed by atoms with van der Waals surface area (Å²) in [6.45, 7) is 0.881. The molecule has 0 saturated carbocycles. The molecule has 0 spiro atoms. The van der Waals surface area contributed by atoms with Gasteiger partial charge in [0.15, 0.2) is 0 Å². The number of nitrogens with zero attached hydrogens (tertiary/aromatic N) is 1. The van der Waals surface area contributed by atoms with E-state index in [2.05, 4.69) is 16.0 Å². The number of amides is 4. The number of likely N-dealkylation sites (tertiary alicyclic amines) is 1. The minimum Gasteiger partial charge on any atom is -0.481 e. The molecule has 0 aromatic heterocycles. The Morgan fingerprint density at radius 2 is 1.92 bits per heavy atom. The molecule has 1 aliphatic rings. The lowest BCUT2D eigenvalue weighted by molar-refractivity contribution is -0.137. The molecule has 0 radical (unpaired) electrons. The highest BCUT2D eigenvalue weighted by atomic mass is 16.4. The summed E-state index contributed by atoms with van der Waals surface area (Å²) in [6.07, 6.45) is 0.940. The van der Waals surface area contributed by atoms with Gasteiger partial charge in [0.25, 0.3) is 0 Å². The zero-order valence-corrected chi connectivity index (χ0v) is 14.2. The second-order valence-corrected chi connectivity index (χ2v) is 6.09. The predicted molar refractivity (Wildman–Crippen MR) is 92.3 cm³/mol. The number of urea groups is 2. The predicted octanol–water partition coefficient (Wildman–Crippen LogP) is 0.785. The van der Waals surface area contributed by atoms with Crippen LogP contribution in [0.15, 0.2) is 30.3 Å². The van der Waals surface area contributed by atoms with E-state index in [4.69, 9.17) is 5.11 Å². The van der Waals surface area contributed by atoms with Gasteiger partial charge in [-0.05, 0) is 18.4 Å². The minimum absolute atomic E-state index is 0.00136. The van der Waals surface area contributed by atoms with E-state index in [-0.39, 0.29) is 30.6 Å². The van der Waals surface area contributed by atoms with E-state index >= 15 is 0 Å². The van der Waals surface area contributed by atoms with Crippen LogP contribution in [0, 0.1) is 0 Å². The molecular weight excluding hydrogens is 324 g/mol. The van der Waals surface area contributed by atoms with Gasteiger partial charge in [-0.1, -0.05) is 30.3 Å². The van der Waals surface area contributed by atoms with Gasteiger partial charge < -0.3 is 26.0 Å². The zero-order valence-electron chi connectivity index (χ0n) is 14.2. The van der Waals surface area contributed by atoms with Crippen molar-refractivity contribution in [3.63, 3.8) is 0 Å². The van der Waals surface area contributed by atoms with Crippen molar-refractivity contribution in [1.29, 1.82) is 0 Å². The van der Waals surface area contributed by atoms with Crippen molar-refractivity contribution >= 4 is 18.0 Å². The van der Waals surface area contributed by atoms with Gasteiger partial charge in [0.2, 0.25) is 0 Å². The van der Waals surface area contributed by atoms with Crippen LogP contribution in [0.5, 0.6) is 0 Å². The van der Waals surface area contributed by atoms with Crippen LogP contribution >= 0.6 is 0 Å². The van der Waals surface area contributed by atoms with Crippen LogP contribution in [0.1, 0.15) is 18.4 Å². The summed E-state index contributed by atoms with van der Waals surface area (Å²) < 4.78 is 0. The number of carbonyl (C=O) groups excluding carboxylic acids is 2. The van der Waals surface area contributed by atoms with E-state index < -0.39 is 5.97 Å². The Balaban J connectivity index is 1.84.